The highest BCUT2D eigenvalue weighted by Gasteiger charge is 2.31. The summed E-state index contributed by atoms with van der Waals surface area (Å²) in [6.45, 7) is 9.67. The van der Waals surface area contributed by atoms with Crippen LogP contribution in [0.2, 0.25) is 0 Å². The number of nitrogens with zero attached hydrogens (tertiary/aromatic N) is 2. The van der Waals surface area contributed by atoms with Crippen LogP contribution in [0.15, 0.2) is 36.4 Å². The first-order chi connectivity index (χ1) is 40.0. The summed E-state index contributed by atoms with van der Waals surface area (Å²) in [5.74, 6) is 21.3. The summed E-state index contributed by atoms with van der Waals surface area (Å²) in [4.78, 5) is 55.3. The van der Waals surface area contributed by atoms with Gasteiger partial charge in [0.15, 0.2) is 0 Å². The lowest BCUT2D eigenvalue weighted by Crippen LogP contribution is -2.20. The Hall–Kier alpha value is -10.0. The van der Waals surface area contributed by atoms with Crippen LogP contribution in [0.5, 0.6) is 17.2 Å². The van der Waals surface area contributed by atoms with E-state index in [0.717, 1.165) is 0 Å². The number of carbonyl (C=O) groups excluding carboxylic acids is 3. The second-order valence-electron chi connectivity index (χ2n) is 15.6. The number of ether oxygens (including phenoxy) is 7. The van der Waals surface area contributed by atoms with Crippen LogP contribution in [0.4, 0.5) is 22.0 Å². The summed E-state index contributed by atoms with van der Waals surface area (Å²) in [6.07, 6.45) is 5.00. The molecule has 0 bridgehead atoms. The maximum absolute atomic E-state index is 13.9. The van der Waals surface area contributed by atoms with E-state index < -0.39 is 65.3 Å². The Morgan fingerprint density at radius 2 is 1.02 bits per heavy atom. The Bertz CT molecular complexity index is 3730. The Labute approximate surface area is 487 Å². The number of carboxylic acids is 1. The number of aromatic nitrogens is 2. The third-order valence-electron chi connectivity index (χ3n) is 10.3. The average molecular weight is 1180 g/mol. The van der Waals surface area contributed by atoms with Gasteiger partial charge in [0.2, 0.25) is 34.8 Å². The number of carbonyl (C=O) groups is 4. The molecule has 452 valence electrons. The summed E-state index contributed by atoms with van der Waals surface area (Å²) in [6, 6.07) is 9.94. The number of hydrogen-bond acceptors (Lipinski definition) is 18. The number of rotatable bonds is 19. The van der Waals surface area contributed by atoms with Crippen molar-refractivity contribution >= 4 is 45.7 Å². The molecule has 5 aromatic rings. The number of hydrogen-bond donors (Lipinski definition) is 4. The van der Waals surface area contributed by atoms with Crippen LogP contribution >= 0.6 is 0 Å². The fraction of sp³-hybridized carbons (Fsp3) is 0.276. The van der Waals surface area contributed by atoms with E-state index in [-0.39, 0.29) is 60.6 Å². The molecule has 4 N–H and O–H groups in total. The molecular weight excluding hydrogens is 1120 g/mol. The van der Waals surface area contributed by atoms with Crippen molar-refractivity contribution in [1.29, 1.82) is 0 Å². The van der Waals surface area contributed by atoms with Crippen LogP contribution in [0.3, 0.4) is 0 Å². The molecule has 0 radical (unpaired) electrons. The molecule has 2 fully saturated rings. The molecule has 2 aliphatic heterocycles. The van der Waals surface area contributed by atoms with E-state index in [9.17, 15) is 41.1 Å². The number of halogens is 5. The summed E-state index contributed by atoms with van der Waals surface area (Å²) in [5, 5.41) is 30.5. The molecule has 0 aliphatic carbocycles. The number of fused-ring (bicyclic) bond motifs is 2. The molecular formula is C58H62F5N3O18. The lowest BCUT2D eigenvalue weighted by Gasteiger charge is -2.11. The summed E-state index contributed by atoms with van der Waals surface area (Å²) in [5.41, 5.74) is 3.64. The van der Waals surface area contributed by atoms with E-state index in [2.05, 4.69) is 114 Å². The van der Waals surface area contributed by atoms with Gasteiger partial charge >= 0.3 is 23.9 Å². The van der Waals surface area contributed by atoms with Crippen LogP contribution < -0.4 is 19.9 Å². The third kappa shape index (κ3) is 20.8. The second-order valence-corrected chi connectivity index (χ2v) is 15.6. The molecule has 2 saturated heterocycles. The number of aliphatic carboxylic acids is 1. The monoisotopic (exact) mass is 1180 g/mol. The number of terminal acetylenes is 1. The number of epoxide rings is 2. The first kappa shape index (κ1) is 68.3. The molecule has 7 rings (SSSR count). The number of carboxylic acid groups (broad SMARTS) is 1. The molecule has 21 nitrogen and oxygen atoms in total. The summed E-state index contributed by atoms with van der Waals surface area (Å²) < 4.78 is 107. The average Bonchev–Trinajstić information content (AvgIpc) is 1.47. The fourth-order valence-electron chi connectivity index (χ4n) is 6.71. The molecule has 26 heteroatoms. The van der Waals surface area contributed by atoms with Crippen molar-refractivity contribution in [3.05, 3.63) is 88.0 Å². The smallest absolute Gasteiger partial charge is 0.340 e. The predicted molar refractivity (Wildman–Crippen MR) is 298 cm³/mol. The van der Waals surface area contributed by atoms with E-state index in [4.69, 9.17) is 50.5 Å². The number of nitrogens with one attached hydrogen (secondary N) is 1. The lowest BCUT2D eigenvalue weighted by molar-refractivity contribution is -0.619. The van der Waals surface area contributed by atoms with Gasteiger partial charge in [0.05, 0.1) is 37.6 Å². The minimum atomic E-state index is -2.38. The van der Waals surface area contributed by atoms with Gasteiger partial charge in [-0.25, -0.2) is 38.1 Å². The Morgan fingerprint density at radius 3 is 1.38 bits per heavy atom. The SMILES string of the molecule is C.C#CC#CC#CC#CC#CC#CC#CC#CC.CCOC(=O)c1c(C)n(CC(=O)O)c2ccc(OCC3CO3)cc12.CCOC(=O)c1c(C)n(CC(=O)Oc2c(F)c(F)c(F)c(F)c2F)c2ccc(OCC3CO3)cc12.OOONOOO.[HH].[HH].[HH].[HH].[HH].[HH].[HH]. The number of esters is 3. The van der Waals surface area contributed by atoms with Crippen LogP contribution in [0.1, 0.15) is 70.3 Å². The molecule has 4 heterocycles. The fourth-order valence-corrected chi connectivity index (χ4v) is 6.71. The van der Waals surface area contributed by atoms with Crippen molar-refractivity contribution in [3.63, 3.8) is 0 Å². The maximum Gasteiger partial charge on any atom is 0.340 e. The van der Waals surface area contributed by atoms with Crippen LogP contribution in [0.25, 0.3) is 21.8 Å². The first-order valence-electron chi connectivity index (χ1n) is 23.6. The largest absolute Gasteiger partial charge is 0.491 e. The van der Waals surface area contributed by atoms with Gasteiger partial charge in [-0.2, -0.15) is 8.78 Å². The molecule has 2 aliphatic rings. The van der Waals surface area contributed by atoms with Gasteiger partial charge in [0.25, 0.3) is 0 Å². The van der Waals surface area contributed by atoms with Crippen molar-refractivity contribution in [2.75, 3.05) is 39.6 Å². The Kier molecular flexibility index (Phi) is 29.0. The first-order valence-corrected chi connectivity index (χ1v) is 23.6. The highest BCUT2D eigenvalue weighted by atomic mass is 19.2. The minimum absolute atomic E-state index is 0. The van der Waals surface area contributed by atoms with Gasteiger partial charge in [-0.1, -0.05) is 23.3 Å². The second kappa shape index (κ2) is 35.7. The quantitative estimate of drug-likeness (QED) is 0.00577. The van der Waals surface area contributed by atoms with E-state index in [1.807, 2.05) is 0 Å². The van der Waals surface area contributed by atoms with Crippen LogP contribution in [-0.4, -0.2) is 100 Å². The van der Waals surface area contributed by atoms with Crippen molar-refractivity contribution < 1.29 is 120 Å². The highest BCUT2D eigenvalue weighted by molar-refractivity contribution is 6.07. The maximum atomic E-state index is 13.9. The normalized spacial score (nSPS) is 12.3. The minimum Gasteiger partial charge on any atom is -0.491 e. The zero-order valence-electron chi connectivity index (χ0n) is 44.1. The lowest BCUT2D eigenvalue weighted by atomic mass is 10.1. The molecule has 0 saturated carbocycles. The summed E-state index contributed by atoms with van der Waals surface area (Å²) >= 11 is 0. The molecule has 2 unspecified atom stereocenters. The van der Waals surface area contributed by atoms with Crippen molar-refractivity contribution in [2.45, 2.75) is 67.3 Å². The molecule has 0 spiro atoms. The van der Waals surface area contributed by atoms with Crippen LogP contribution in [0, 0.1) is 138 Å². The molecule has 2 aromatic heterocycles. The van der Waals surface area contributed by atoms with E-state index >= 15 is 0 Å². The van der Waals surface area contributed by atoms with Crippen LogP contribution in [-0.2, 0) is 61.7 Å². The number of benzene rings is 3. The van der Waals surface area contributed by atoms with Crippen molar-refractivity contribution in [2.24, 2.45) is 0 Å². The molecule has 0 amide bonds. The standard InChI is InChI=1S/C23H18F5NO6.C17H19NO6.C17H4.CH4.H3NO6.7H2/c1-3-32-23(31)16-10(2)29(14-5-4-11(6-13(14)16)33-8-12-9-34-12)7-15(30)35-22-20(27)18(25)17(24)19(26)21(22)28;1-3-22-17(21)16-10(2)18(7-15(19)20)14-5-4-11(6-13(14)16)23-8-12-9-24-12;1-3-5-7-9-11-13-15-17-16-14-12-10-8-6-4-2;;2-6-4-1-5-7-3;;;;;;;/h4-6,12H,3,7-9H2,1-2H3;4-6,12H,3,7-9H2,1-2H3,(H,19,20);1H,2H3;1H4;1-3H;7*1H. The van der Waals surface area contributed by atoms with Crippen molar-refractivity contribution in [1.82, 2.24) is 14.8 Å². The van der Waals surface area contributed by atoms with Gasteiger partial charge in [-0.3, -0.25) is 4.79 Å². The third-order valence-corrected chi connectivity index (χ3v) is 10.3. The Balaban J connectivity index is -0.000000388. The zero-order chi connectivity index (χ0) is 60.8. The van der Waals surface area contributed by atoms with Gasteiger partial charge in [0, 0.05) is 43.2 Å². The highest BCUT2D eigenvalue weighted by Crippen LogP contribution is 2.34. The van der Waals surface area contributed by atoms with Gasteiger partial charge in [-0.15, -0.1) is 6.42 Å². The summed E-state index contributed by atoms with van der Waals surface area (Å²) in [7, 11) is 0. The molecule has 3 aromatic carbocycles. The van der Waals surface area contributed by atoms with E-state index in [0.29, 0.717) is 71.0 Å². The van der Waals surface area contributed by atoms with E-state index in [1.165, 1.54) is 17.1 Å². The molecule has 2 atom stereocenters. The van der Waals surface area contributed by atoms with Gasteiger partial charge in [0.1, 0.15) is 50.0 Å². The van der Waals surface area contributed by atoms with Crippen molar-refractivity contribution in [3.8, 4) is 112 Å². The van der Waals surface area contributed by atoms with Gasteiger partial charge in [-0.05, 0) is 170 Å². The zero-order valence-corrected chi connectivity index (χ0v) is 44.1. The Morgan fingerprint density at radius 1 is 0.643 bits per heavy atom. The van der Waals surface area contributed by atoms with E-state index in [1.54, 1.807) is 68.7 Å². The van der Waals surface area contributed by atoms with Gasteiger partial charge < -0.3 is 47.4 Å². The predicted octanol–water partition coefficient (Wildman–Crippen LogP) is 8.46. The topological polar surface area (TPSA) is 259 Å². The molecule has 84 heavy (non-hydrogen) atoms.